The van der Waals surface area contributed by atoms with E-state index in [1.54, 1.807) is 41.6 Å². The van der Waals surface area contributed by atoms with Gasteiger partial charge in [-0.05, 0) is 38.5 Å². The van der Waals surface area contributed by atoms with Crippen LogP contribution in [0.4, 0.5) is 0 Å². The standard InChI is InChI=1S/C22H25N7O4/c1-12-24-14-6-5-13(9-15(14)25-12)19(30)28-8-7-16(22(2,33)10-28)29-11-23-18-17(29)20(31)27(4)21(32)26(18)3/h5-6,9,11,16,33H,7-8,10H2,1-4H3,(H,24,25)/t16-,22-/m1/s1. The van der Waals surface area contributed by atoms with Crippen molar-refractivity contribution in [3.8, 4) is 0 Å². The molecule has 3 aromatic heterocycles. The van der Waals surface area contributed by atoms with Gasteiger partial charge in [0.05, 0.1) is 29.9 Å². The number of carbonyl (C=O) groups excluding carboxylic acids is 1. The zero-order valence-corrected chi connectivity index (χ0v) is 18.9. The largest absolute Gasteiger partial charge is 0.386 e. The Bertz CT molecular complexity index is 1540. The summed E-state index contributed by atoms with van der Waals surface area (Å²) >= 11 is 0. The maximum atomic E-state index is 13.2. The quantitative estimate of drug-likeness (QED) is 0.455. The molecule has 1 amide bonds. The normalized spacial score (nSPS) is 21.2. The van der Waals surface area contributed by atoms with Gasteiger partial charge in [0.1, 0.15) is 11.4 Å². The zero-order valence-electron chi connectivity index (χ0n) is 18.9. The van der Waals surface area contributed by atoms with Crippen molar-refractivity contribution < 1.29 is 9.90 Å². The zero-order chi connectivity index (χ0) is 23.7. The number of nitrogens with one attached hydrogen (secondary N) is 1. The Kier molecular flexibility index (Phi) is 4.57. The van der Waals surface area contributed by atoms with Gasteiger partial charge in [0.15, 0.2) is 11.2 Å². The van der Waals surface area contributed by atoms with E-state index < -0.39 is 22.9 Å². The predicted molar refractivity (Wildman–Crippen MR) is 121 cm³/mol. The van der Waals surface area contributed by atoms with Crippen LogP contribution in [0, 0.1) is 6.92 Å². The maximum absolute atomic E-state index is 13.2. The monoisotopic (exact) mass is 451 g/mol. The summed E-state index contributed by atoms with van der Waals surface area (Å²) < 4.78 is 3.98. The van der Waals surface area contributed by atoms with Gasteiger partial charge < -0.3 is 19.6 Å². The topological polar surface area (TPSA) is 131 Å². The van der Waals surface area contributed by atoms with Crippen LogP contribution in [0.25, 0.3) is 22.2 Å². The van der Waals surface area contributed by atoms with E-state index in [4.69, 9.17) is 0 Å². The molecule has 0 unspecified atom stereocenters. The maximum Gasteiger partial charge on any atom is 0.332 e. The number of hydrogen-bond donors (Lipinski definition) is 2. The molecule has 0 bridgehead atoms. The van der Waals surface area contributed by atoms with E-state index in [0.717, 1.165) is 21.4 Å². The molecule has 1 aromatic carbocycles. The van der Waals surface area contributed by atoms with Gasteiger partial charge in [-0.25, -0.2) is 14.8 Å². The van der Waals surface area contributed by atoms with Gasteiger partial charge in [-0.15, -0.1) is 0 Å². The highest BCUT2D eigenvalue weighted by atomic mass is 16.3. The van der Waals surface area contributed by atoms with E-state index in [9.17, 15) is 19.5 Å². The molecule has 11 heteroatoms. The smallest absolute Gasteiger partial charge is 0.332 e. The Morgan fingerprint density at radius 1 is 1.24 bits per heavy atom. The molecule has 2 atom stereocenters. The summed E-state index contributed by atoms with van der Waals surface area (Å²) in [6, 6.07) is 4.81. The number of likely N-dealkylation sites (tertiary alicyclic amines) is 1. The molecule has 4 heterocycles. The molecule has 5 rings (SSSR count). The first-order valence-corrected chi connectivity index (χ1v) is 10.7. The summed E-state index contributed by atoms with van der Waals surface area (Å²) in [6.07, 6.45) is 1.90. The van der Waals surface area contributed by atoms with E-state index in [0.29, 0.717) is 18.5 Å². The lowest BCUT2D eigenvalue weighted by atomic mass is 9.88. The fraction of sp³-hybridized carbons (Fsp3) is 0.409. The van der Waals surface area contributed by atoms with Gasteiger partial charge in [0, 0.05) is 26.2 Å². The number of β-amino-alcohol motifs (C(OH)–C–C–N with tert-alkyl or cyclic N) is 1. The second-order valence-corrected chi connectivity index (χ2v) is 8.97. The number of aromatic nitrogens is 6. The highest BCUT2D eigenvalue weighted by molar-refractivity contribution is 5.97. The van der Waals surface area contributed by atoms with Gasteiger partial charge in [-0.2, -0.15) is 0 Å². The Morgan fingerprint density at radius 3 is 2.73 bits per heavy atom. The molecule has 0 spiro atoms. The van der Waals surface area contributed by atoms with Crippen LogP contribution in [-0.2, 0) is 14.1 Å². The van der Waals surface area contributed by atoms with Crippen molar-refractivity contribution in [3.63, 3.8) is 0 Å². The van der Waals surface area contributed by atoms with Crippen LogP contribution in [-0.4, -0.2) is 63.3 Å². The van der Waals surface area contributed by atoms with Crippen molar-refractivity contribution >= 4 is 28.1 Å². The lowest BCUT2D eigenvalue weighted by Crippen LogP contribution is -2.54. The average molecular weight is 451 g/mol. The number of aliphatic hydroxyl groups is 1. The molecular weight excluding hydrogens is 426 g/mol. The van der Waals surface area contributed by atoms with Crippen LogP contribution in [0.1, 0.15) is 35.6 Å². The van der Waals surface area contributed by atoms with Crippen LogP contribution < -0.4 is 11.2 Å². The molecule has 1 fully saturated rings. The molecule has 11 nitrogen and oxygen atoms in total. The number of carbonyl (C=O) groups is 1. The Labute approximate surface area is 187 Å². The molecule has 1 aliphatic rings. The number of rotatable bonds is 2. The third-order valence-electron chi connectivity index (χ3n) is 6.54. The summed E-state index contributed by atoms with van der Waals surface area (Å²) in [7, 11) is 2.97. The number of H-pyrrole nitrogens is 1. The van der Waals surface area contributed by atoms with Crippen molar-refractivity contribution in [1.29, 1.82) is 0 Å². The molecule has 1 saturated heterocycles. The van der Waals surface area contributed by atoms with E-state index in [-0.39, 0.29) is 23.6 Å². The molecular formula is C22H25N7O4. The van der Waals surface area contributed by atoms with Crippen LogP contribution >= 0.6 is 0 Å². The minimum absolute atomic E-state index is 0.0856. The number of piperidine rings is 1. The number of hydrogen-bond acceptors (Lipinski definition) is 6. The number of imidazole rings is 2. The van der Waals surface area contributed by atoms with Crippen molar-refractivity contribution in [1.82, 2.24) is 33.6 Å². The highest BCUT2D eigenvalue weighted by Gasteiger charge is 2.42. The fourth-order valence-corrected chi connectivity index (χ4v) is 4.83. The molecule has 2 N–H and O–H groups in total. The van der Waals surface area contributed by atoms with Crippen molar-refractivity contribution in [2.45, 2.75) is 31.9 Å². The number of aryl methyl sites for hydroxylation is 2. The molecule has 4 aromatic rings. The Hall–Kier alpha value is -3.73. The van der Waals surface area contributed by atoms with Crippen LogP contribution in [0.15, 0.2) is 34.1 Å². The third kappa shape index (κ3) is 3.18. The third-order valence-corrected chi connectivity index (χ3v) is 6.54. The summed E-state index contributed by atoms with van der Waals surface area (Å²) in [6.45, 7) is 3.99. The van der Waals surface area contributed by atoms with Crippen molar-refractivity contribution in [2.24, 2.45) is 14.1 Å². The summed E-state index contributed by atoms with van der Waals surface area (Å²) in [5.41, 5.74) is 0.347. The van der Waals surface area contributed by atoms with E-state index in [2.05, 4.69) is 15.0 Å². The van der Waals surface area contributed by atoms with Crippen LogP contribution in [0.3, 0.4) is 0 Å². The lowest BCUT2D eigenvalue weighted by molar-refractivity contribution is -0.0478. The molecule has 33 heavy (non-hydrogen) atoms. The molecule has 0 radical (unpaired) electrons. The average Bonchev–Trinajstić information content (AvgIpc) is 3.37. The highest BCUT2D eigenvalue weighted by Crippen LogP contribution is 2.34. The van der Waals surface area contributed by atoms with Crippen LogP contribution in [0.5, 0.6) is 0 Å². The minimum atomic E-state index is -1.32. The van der Waals surface area contributed by atoms with Crippen molar-refractivity contribution in [3.05, 3.63) is 56.8 Å². The summed E-state index contributed by atoms with van der Waals surface area (Å²) in [4.78, 5) is 51.6. The molecule has 172 valence electrons. The number of nitrogens with zero attached hydrogens (tertiary/aromatic N) is 6. The van der Waals surface area contributed by atoms with Crippen LogP contribution in [0.2, 0.25) is 0 Å². The SMILES string of the molecule is Cc1nc2ccc(C(=O)N3CC[C@@H](n4cnc5c4c(=O)n(C)c(=O)n5C)[C@](C)(O)C3)cc2[nH]1. The van der Waals surface area contributed by atoms with Gasteiger partial charge >= 0.3 is 5.69 Å². The fourth-order valence-electron chi connectivity index (χ4n) is 4.83. The van der Waals surface area contributed by atoms with E-state index in [1.807, 2.05) is 6.92 Å². The summed E-state index contributed by atoms with van der Waals surface area (Å²) in [5.74, 6) is 0.589. The van der Waals surface area contributed by atoms with Gasteiger partial charge in [0.2, 0.25) is 0 Å². The van der Waals surface area contributed by atoms with Gasteiger partial charge in [-0.1, -0.05) is 0 Å². The van der Waals surface area contributed by atoms with E-state index >= 15 is 0 Å². The lowest BCUT2D eigenvalue weighted by Gasteiger charge is -2.43. The second kappa shape index (κ2) is 7.14. The van der Waals surface area contributed by atoms with Crippen molar-refractivity contribution in [2.75, 3.05) is 13.1 Å². The van der Waals surface area contributed by atoms with Gasteiger partial charge in [-0.3, -0.25) is 18.7 Å². The molecule has 0 aliphatic carbocycles. The first kappa shape index (κ1) is 21.1. The number of fused-ring (bicyclic) bond motifs is 2. The second-order valence-electron chi connectivity index (χ2n) is 8.97. The summed E-state index contributed by atoms with van der Waals surface area (Å²) in [5, 5.41) is 11.4. The molecule has 1 aliphatic heterocycles. The Balaban J connectivity index is 1.47. The number of aromatic amines is 1. The molecule has 0 saturated carbocycles. The Morgan fingerprint density at radius 2 is 2.00 bits per heavy atom. The minimum Gasteiger partial charge on any atom is -0.386 e. The number of benzene rings is 1. The first-order chi connectivity index (χ1) is 15.6. The predicted octanol–water partition coefficient (Wildman–Crippen LogP) is 0.457. The van der Waals surface area contributed by atoms with E-state index in [1.165, 1.54) is 17.9 Å². The van der Waals surface area contributed by atoms with Gasteiger partial charge in [0.25, 0.3) is 11.5 Å². The number of amides is 1. The first-order valence-electron chi connectivity index (χ1n) is 10.7.